The molecule has 1 unspecified atom stereocenters. The maximum atomic E-state index is 5.93. The lowest BCUT2D eigenvalue weighted by Crippen LogP contribution is -2.15. The van der Waals surface area contributed by atoms with Gasteiger partial charge in [-0.15, -0.1) is 10.2 Å². The van der Waals surface area contributed by atoms with Gasteiger partial charge in [-0.25, -0.2) is 0 Å². The fourth-order valence-electron chi connectivity index (χ4n) is 3.12. The minimum atomic E-state index is 0.345. The van der Waals surface area contributed by atoms with Crippen LogP contribution in [-0.2, 0) is 0 Å². The summed E-state index contributed by atoms with van der Waals surface area (Å²) in [5.41, 5.74) is 5.93. The van der Waals surface area contributed by atoms with Gasteiger partial charge >= 0.3 is 0 Å². The van der Waals surface area contributed by atoms with Crippen molar-refractivity contribution in [3.05, 3.63) is 10.8 Å². The largest absolute Gasteiger partial charge is 0.330 e. The molecule has 1 aliphatic rings. The van der Waals surface area contributed by atoms with Crippen LogP contribution in [0.25, 0.3) is 4.96 Å². The Labute approximate surface area is 123 Å². The highest BCUT2D eigenvalue weighted by Gasteiger charge is 2.25. The fourth-order valence-corrected chi connectivity index (χ4v) is 4.09. The van der Waals surface area contributed by atoms with Crippen LogP contribution in [0.3, 0.4) is 0 Å². The zero-order valence-electron chi connectivity index (χ0n) is 12.2. The third kappa shape index (κ3) is 2.59. The van der Waals surface area contributed by atoms with Crippen LogP contribution in [0, 0.1) is 5.92 Å². The van der Waals surface area contributed by atoms with Gasteiger partial charge in [-0.3, -0.25) is 0 Å². The predicted molar refractivity (Wildman–Crippen MR) is 81.1 cm³/mol. The summed E-state index contributed by atoms with van der Waals surface area (Å²) >= 11 is 1.65. The Kier molecular flexibility index (Phi) is 4.03. The van der Waals surface area contributed by atoms with E-state index in [-0.39, 0.29) is 0 Å². The van der Waals surface area contributed by atoms with Crippen LogP contribution in [-0.4, -0.2) is 26.4 Å². The molecule has 0 aromatic carbocycles. The highest BCUT2D eigenvalue weighted by atomic mass is 32.1. The Balaban J connectivity index is 1.90. The lowest BCUT2D eigenvalue weighted by molar-refractivity contribution is 0.498. The van der Waals surface area contributed by atoms with Gasteiger partial charge < -0.3 is 5.73 Å². The van der Waals surface area contributed by atoms with Crippen LogP contribution >= 0.6 is 11.3 Å². The normalized spacial score (nSPS) is 18.4. The second kappa shape index (κ2) is 5.77. The van der Waals surface area contributed by atoms with E-state index < -0.39 is 0 Å². The summed E-state index contributed by atoms with van der Waals surface area (Å²) in [6.45, 7) is 5.11. The molecule has 3 rings (SSSR count). The van der Waals surface area contributed by atoms with Crippen LogP contribution in [0.2, 0.25) is 0 Å². The number of nitrogens with two attached hydrogens (primary N) is 1. The molecule has 0 saturated heterocycles. The quantitative estimate of drug-likeness (QED) is 0.920. The minimum absolute atomic E-state index is 0.345. The van der Waals surface area contributed by atoms with Gasteiger partial charge in [-0.05, 0) is 25.2 Å². The van der Waals surface area contributed by atoms with Crippen molar-refractivity contribution < 1.29 is 0 Å². The molecular weight excluding hydrogens is 270 g/mol. The second-order valence-corrected chi connectivity index (χ2v) is 7.22. The van der Waals surface area contributed by atoms with Gasteiger partial charge in [0.1, 0.15) is 5.01 Å². The van der Waals surface area contributed by atoms with E-state index in [1.54, 1.807) is 11.3 Å². The van der Waals surface area contributed by atoms with Gasteiger partial charge in [0.2, 0.25) is 4.96 Å². The molecule has 1 fully saturated rings. The summed E-state index contributed by atoms with van der Waals surface area (Å²) in [4.78, 5) is 0.920. The summed E-state index contributed by atoms with van der Waals surface area (Å²) in [7, 11) is 0. The maximum absolute atomic E-state index is 5.93. The molecule has 2 N–H and O–H groups in total. The van der Waals surface area contributed by atoms with Gasteiger partial charge in [0.25, 0.3) is 0 Å². The van der Waals surface area contributed by atoms with Crippen LogP contribution in [0.15, 0.2) is 0 Å². The molecule has 20 heavy (non-hydrogen) atoms. The summed E-state index contributed by atoms with van der Waals surface area (Å²) < 4.78 is 1.97. The molecule has 2 aromatic rings. The molecular formula is C14H23N5S. The van der Waals surface area contributed by atoms with E-state index in [1.807, 2.05) is 4.52 Å². The van der Waals surface area contributed by atoms with E-state index in [2.05, 4.69) is 24.0 Å². The van der Waals surface area contributed by atoms with Crippen LogP contribution in [0.5, 0.6) is 0 Å². The highest BCUT2D eigenvalue weighted by molar-refractivity contribution is 7.16. The molecule has 6 heteroatoms. The SMILES string of the molecule is CC(C)CC(CN)c1nn2c(C3CCCC3)nnc2s1. The van der Waals surface area contributed by atoms with Gasteiger partial charge in [-0.1, -0.05) is 38.0 Å². The molecule has 0 amide bonds. The van der Waals surface area contributed by atoms with E-state index in [1.165, 1.54) is 25.7 Å². The van der Waals surface area contributed by atoms with Crippen molar-refractivity contribution in [2.45, 2.75) is 57.8 Å². The number of hydrogen-bond acceptors (Lipinski definition) is 5. The highest BCUT2D eigenvalue weighted by Crippen LogP contribution is 2.34. The first kappa shape index (κ1) is 13.9. The number of aromatic nitrogens is 4. The first-order valence-electron chi connectivity index (χ1n) is 7.61. The number of fused-ring (bicyclic) bond motifs is 1. The van der Waals surface area contributed by atoms with E-state index in [0.29, 0.717) is 24.3 Å². The number of hydrogen-bond donors (Lipinski definition) is 1. The summed E-state index contributed by atoms with van der Waals surface area (Å²) in [6, 6.07) is 0. The van der Waals surface area contributed by atoms with Gasteiger partial charge in [0, 0.05) is 18.4 Å². The zero-order valence-corrected chi connectivity index (χ0v) is 13.1. The molecule has 0 radical (unpaired) electrons. The minimum Gasteiger partial charge on any atom is -0.330 e. The smallest absolute Gasteiger partial charge is 0.234 e. The molecule has 110 valence electrons. The van der Waals surface area contributed by atoms with Crippen LogP contribution < -0.4 is 5.73 Å². The van der Waals surface area contributed by atoms with E-state index in [9.17, 15) is 0 Å². The maximum Gasteiger partial charge on any atom is 0.234 e. The van der Waals surface area contributed by atoms with E-state index in [0.717, 1.165) is 22.2 Å². The molecule has 1 atom stereocenters. The Morgan fingerprint density at radius 2 is 2.05 bits per heavy atom. The Morgan fingerprint density at radius 1 is 1.30 bits per heavy atom. The average molecular weight is 293 g/mol. The van der Waals surface area contributed by atoms with Gasteiger partial charge in [0.15, 0.2) is 5.82 Å². The third-order valence-electron chi connectivity index (χ3n) is 4.14. The molecule has 1 saturated carbocycles. The Morgan fingerprint density at radius 3 is 2.70 bits per heavy atom. The molecule has 2 aromatic heterocycles. The topological polar surface area (TPSA) is 69.1 Å². The number of nitrogens with zero attached hydrogens (tertiary/aromatic N) is 4. The monoisotopic (exact) mass is 293 g/mol. The fraction of sp³-hybridized carbons (Fsp3) is 0.786. The lowest BCUT2D eigenvalue weighted by atomic mass is 9.98. The van der Waals surface area contributed by atoms with Gasteiger partial charge in [-0.2, -0.15) is 9.61 Å². The molecule has 5 nitrogen and oxygen atoms in total. The first-order chi connectivity index (χ1) is 9.69. The van der Waals surface area contributed by atoms with Crippen molar-refractivity contribution in [1.82, 2.24) is 19.8 Å². The van der Waals surface area contributed by atoms with Crippen molar-refractivity contribution in [2.75, 3.05) is 6.54 Å². The molecule has 1 aliphatic carbocycles. The summed E-state index contributed by atoms with van der Waals surface area (Å²) in [6.07, 6.45) is 6.13. The molecule has 0 aliphatic heterocycles. The summed E-state index contributed by atoms with van der Waals surface area (Å²) in [5.74, 6) is 2.58. The van der Waals surface area contributed by atoms with Crippen molar-refractivity contribution in [3.63, 3.8) is 0 Å². The Bertz CT molecular complexity index is 567. The molecule has 2 heterocycles. The molecule has 0 bridgehead atoms. The zero-order chi connectivity index (χ0) is 14.1. The lowest BCUT2D eigenvalue weighted by Gasteiger charge is -2.13. The van der Waals surface area contributed by atoms with Crippen LogP contribution in [0.1, 0.15) is 68.6 Å². The van der Waals surface area contributed by atoms with Crippen molar-refractivity contribution >= 4 is 16.3 Å². The van der Waals surface area contributed by atoms with Crippen molar-refractivity contribution in [3.8, 4) is 0 Å². The summed E-state index contributed by atoms with van der Waals surface area (Å²) in [5, 5.41) is 14.5. The van der Waals surface area contributed by atoms with Crippen molar-refractivity contribution in [1.29, 1.82) is 0 Å². The van der Waals surface area contributed by atoms with E-state index in [4.69, 9.17) is 10.8 Å². The Hall–Kier alpha value is -1.01. The van der Waals surface area contributed by atoms with Gasteiger partial charge in [0.05, 0.1) is 0 Å². The standard InChI is InChI=1S/C14H23N5S/c1-9(2)7-11(8-15)13-18-19-12(10-5-3-4-6-10)16-17-14(19)20-13/h9-11H,3-8,15H2,1-2H3. The van der Waals surface area contributed by atoms with Crippen LogP contribution in [0.4, 0.5) is 0 Å². The average Bonchev–Trinajstić information content (AvgIpc) is 3.10. The molecule has 0 spiro atoms. The second-order valence-electron chi connectivity index (χ2n) is 6.24. The first-order valence-corrected chi connectivity index (χ1v) is 8.42. The predicted octanol–water partition coefficient (Wildman–Crippen LogP) is 2.93. The van der Waals surface area contributed by atoms with Crippen molar-refractivity contribution in [2.24, 2.45) is 11.7 Å². The van der Waals surface area contributed by atoms with E-state index >= 15 is 0 Å². The third-order valence-corrected chi connectivity index (χ3v) is 5.20. The number of rotatable bonds is 5.